The lowest BCUT2D eigenvalue weighted by Gasteiger charge is -2.39. The van der Waals surface area contributed by atoms with Gasteiger partial charge in [-0.2, -0.15) is 0 Å². The van der Waals surface area contributed by atoms with E-state index in [-0.39, 0.29) is 11.9 Å². The van der Waals surface area contributed by atoms with Crippen LogP contribution in [0.5, 0.6) is 0 Å². The van der Waals surface area contributed by atoms with Gasteiger partial charge in [-0.15, -0.1) is 0 Å². The second-order valence-electron chi connectivity index (χ2n) is 8.79. The molecule has 31 heavy (non-hydrogen) atoms. The maximum Gasteiger partial charge on any atom is 0.234 e. The zero-order chi connectivity index (χ0) is 21.3. The molecule has 5 nitrogen and oxygen atoms in total. The number of likely N-dealkylation sites (tertiary alicyclic amines) is 1. The fourth-order valence-corrected chi connectivity index (χ4v) is 4.86. The number of carbonyl (C=O) groups is 1. The van der Waals surface area contributed by atoms with Crippen molar-refractivity contribution in [2.45, 2.75) is 25.3 Å². The molecular formula is C26H36N4O. The summed E-state index contributed by atoms with van der Waals surface area (Å²) in [4.78, 5) is 19.7. The van der Waals surface area contributed by atoms with Crippen molar-refractivity contribution in [3.63, 3.8) is 0 Å². The average molecular weight is 421 g/mol. The monoisotopic (exact) mass is 420 g/mol. The molecular weight excluding hydrogens is 384 g/mol. The second-order valence-corrected chi connectivity index (χ2v) is 8.79. The number of benzene rings is 2. The van der Waals surface area contributed by atoms with Gasteiger partial charge in [0.15, 0.2) is 0 Å². The molecule has 1 N–H and O–H groups in total. The van der Waals surface area contributed by atoms with Gasteiger partial charge in [-0.05, 0) is 37.1 Å². The number of hydrogen-bond acceptors (Lipinski definition) is 4. The summed E-state index contributed by atoms with van der Waals surface area (Å²) in [5, 5.41) is 3.13. The number of carbonyl (C=O) groups excluding carboxylic acids is 1. The van der Waals surface area contributed by atoms with Crippen LogP contribution in [0.4, 0.5) is 0 Å². The van der Waals surface area contributed by atoms with Crippen LogP contribution >= 0.6 is 0 Å². The molecule has 2 aliphatic rings. The van der Waals surface area contributed by atoms with Gasteiger partial charge in [-0.1, -0.05) is 67.1 Å². The lowest BCUT2D eigenvalue weighted by Crippen LogP contribution is -2.50. The van der Waals surface area contributed by atoms with Crippen molar-refractivity contribution < 1.29 is 4.79 Å². The third-order valence-electron chi connectivity index (χ3n) is 6.57. The highest BCUT2D eigenvalue weighted by Crippen LogP contribution is 2.29. The van der Waals surface area contributed by atoms with Crippen LogP contribution in [0, 0.1) is 0 Å². The largest absolute Gasteiger partial charge is 0.354 e. The van der Waals surface area contributed by atoms with Gasteiger partial charge in [-0.3, -0.25) is 14.6 Å². The lowest BCUT2D eigenvalue weighted by molar-refractivity contribution is -0.122. The van der Waals surface area contributed by atoms with Gasteiger partial charge in [0.1, 0.15) is 0 Å². The maximum atomic E-state index is 12.4. The summed E-state index contributed by atoms with van der Waals surface area (Å²) in [6.45, 7) is 8.41. The second kappa shape index (κ2) is 11.4. The summed E-state index contributed by atoms with van der Waals surface area (Å²) in [6, 6.07) is 21.8. The zero-order valence-electron chi connectivity index (χ0n) is 18.6. The molecule has 2 aromatic carbocycles. The van der Waals surface area contributed by atoms with Crippen molar-refractivity contribution in [3.8, 4) is 0 Å². The first-order valence-corrected chi connectivity index (χ1v) is 11.8. The van der Waals surface area contributed by atoms with E-state index in [2.05, 4.69) is 80.7 Å². The van der Waals surface area contributed by atoms with Gasteiger partial charge in [0, 0.05) is 39.3 Å². The van der Waals surface area contributed by atoms with E-state index in [0.717, 1.165) is 39.3 Å². The Morgan fingerprint density at radius 2 is 1.32 bits per heavy atom. The molecule has 0 aromatic heterocycles. The number of nitrogens with zero attached hydrogens (tertiary/aromatic N) is 3. The molecule has 0 radical (unpaired) electrons. The molecule has 2 fully saturated rings. The highest BCUT2D eigenvalue weighted by molar-refractivity contribution is 5.78. The molecule has 166 valence electrons. The molecule has 2 aliphatic heterocycles. The number of hydrogen-bond donors (Lipinski definition) is 1. The summed E-state index contributed by atoms with van der Waals surface area (Å²) in [5.74, 6) is 0.160. The Morgan fingerprint density at radius 1 is 0.742 bits per heavy atom. The highest BCUT2D eigenvalue weighted by atomic mass is 16.2. The van der Waals surface area contributed by atoms with Crippen LogP contribution in [0.3, 0.4) is 0 Å². The van der Waals surface area contributed by atoms with Crippen LogP contribution in [0.15, 0.2) is 60.7 Å². The smallest absolute Gasteiger partial charge is 0.234 e. The number of piperidine rings is 1. The van der Waals surface area contributed by atoms with E-state index in [4.69, 9.17) is 0 Å². The van der Waals surface area contributed by atoms with Crippen molar-refractivity contribution in [2.24, 2.45) is 0 Å². The summed E-state index contributed by atoms with van der Waals surface area (Å²) < 4.78 is 0. The first-order valence-electron chi connectivity index (χ1n) is 11.8. The molecule has 0 spiro atoms. The van der Waals surface area contributed by atoms with Crippen LogP contribution in [0.25, 0.3) is 0 Å². The minimum atomic E-state index is 0.160. The number of amides is 1. The van der Waals surface area contributed by atoms with Gasteiger partial charge in [0.2, 0.25) is 5.91 Å². The van der Waals surface area contributed by atoms with Crippen LogP contribution < -0.4 is 5.32 Å². The third kappa shape index (κ3) is 6.39. The topological polar surface area (TPSA) is 38.8 Å². The van der Waals surface area contributed by atoms with Crippen molar-refractivity contribution in [3.05, 3.63) is 71.8 Å². The summed E-state index contributed by atoms with van der Waals surface area (Å²) in [7, 11) is 0. The van der Waals surface area contributed by atoms with Crippen LogP contribution in [0.1, 0.15) is 36.4 Å². The minimum Gasteiger partial charge on any atom is -0.354 e. The first kappa shape index (κ1) is 22.0. The number of piperazine rings is 1. The van der Waals surface area contributed by atoms with E-state index in [1.807, 2.05) is 0 Å². The lowest BCUT2D eigenvalue weighted by atomic mass is 9.96. The highest BCUT2D eigenvalue weighted by Gasteiger charge is 2.27. The molecule has 2 heterocycles. The van der Waals surface area contributed by atoms with E-state index < -0.39 is 0 Å². The standard InChI is InChI=1S/C26H36N4O/c31-25(27-14-17-28-15-8-3-9-16-28)22-29-18-20-30(21-19-29)26(23-10-4-1-5-11-23)24-12-6-2-7-13-24/h1-2,4-7,10-13,26H,3,8-9,14-22H2,(H,27,31). The van der Waals surface area contributed by atoms with Crippen molar-refractivity contribution >= 4 is 5.91 Å². The molecule has 0 aliphatic carbocycles. The molecule has 5 heteroatoms. The minimum absolute atomic E-state index is 0.160. The summed E-state index contributed by atoms with van der Waals surface area (Å²) in [5.41, 5.74) is 2.66. The van der Waals surface area contributed by atoms with Gasteiger partial charge in [0.05, 0.1) is 12.6 Å². The van der Waals surface area contributed by atoms with E-state index >= 15 is 0 Å². The molecule has 0 unspecified atom stereocenters. The first-order chi connectivity index (χ1) is 15.3. The predicted molar refractivity (Wildman–Crippen MR) is 126 cm³/mol. The van der Waals surface area contributed by atoms with Gasteiger partial charge >= 0.3 is 0 Å². The van der Waals surface area contributed by atoms with Gasteiger partial charge in [-0.25, -0.2) is 0 Å². The fraction of sp³-hybridized carbons (Fsp3) is 0.500. The van der Waals surface area contributed by atoms with Crippen molar-refractivity contribution in [2.75, 3.05) is 58.9 Å². The van der Waals surface area contributed by atoms with E-state index in [1.165, 1.54) is 43.5 Å². The SMILES string of the molecule is O=C(CN1CCN(C(c2ccccc2)c2ccccc2)CC1)NCCN1CCCCC1. The Balaban J connectivity index is 1.26. The molecule has 0 saturated carbocycles. The Bertz CT molecular complexity index is 744. The fourth-order valence-electron chi connectivity index (χ4n) is 4.86. The summed E-state index contributed by atoms with van der Waals surface area (Å²) >= 11 is 0. The predicted octanol–water partition coefficient (Wildman–Crippen LogP) is 3.00. The number of nitrogens with one attached hydrogen (secondary N) is 1. The van der Waals surface area contributed by atoms with E-state index in [0.29, 0.717) is 6.54 Å². The molecule has 4 rings (SSSR count). The molecule has 0 atom stereocenters. The molecule has 0 bridgehead atoms. The van der Waals surface area contributed by atoms with Crippen LogP contribution in [-0.4, -0.2) is 79.5 Å². The quantitative estimate of drug-likeness (QED) is 0.713. The normalized spacial score (nSPS) is 18.9. The van der Waals surface area contributed by atoms with Gasteiger partial charge < -0.3 is 10.2 Å². The Morgan fingerprint density at radius 3 is 1.90 bits per heavy atom. The van der Waals surface area contributed by atoms with Gasteiger partial charge in [0.25, 0.3) is 0 Å². The Kier molecular flexibility index (Phi) is 8.11. The van der Waals surface area contributed by atoms with Crippen molar-refractivity contribution in [1.82, 2.24) is 20.0 Å². The third-order valence-corrected chi connectivity index (χ3v) is 6.57. The molecule has 2 aromatic rings. The summed E-state index contributed by atoms with van der Waals surface area (Å²) in [6.07, 6.45) is 3.95. The number of rotatable bonds is 8. The maximum absolute atomic E-state index is 12.4. The molecule has 2 saturated heterocycles. The Labute approximate surface area is 187 Å². The Hall–Kier alpha value is -2.21. The van der Waals surface area contributed by atoms with E-state index in [1.54, 1.807) is 0 Å². The zero-order valence-corrected chi connectivity index (χ0v) is 18.6. The van der Waals surface area contributed by atoms with Crippen LogP contribution in [0.2, 0.25) is 0 Å². The van der Waals surface area contributed by atoms with Crippen molar-refractivity contribution in [1.29, 1.82) is 0 Å². The van der Waals surface area contributed by atoms with E-state index in [9.17, 15) is 4.79 Å². The average Bonchev–Trinajstić information content (AvgIpc) is 2.82. The van der Waals surface area contributed by atoms with Crippen LogP contribution in [-0.2, 0) is 4.79 Å². The molecule has 1 amide bonds.